The van der Waals surface area contributed by atoms with E-state index >= 15 is 0 Å². The van der Waals surface area contributed by atoms with E-state index in [2.05, 4.69) is 10.2 Å². The Morgan fingerprint density at radius 1 is 1.67 bits per heavy atom. The highest BCUT2D eigenvalue weighted by atomic mass is 35.5. The lowest BCUT2D eigenvalue weighted by Gasteiger charge is -2.31. The lowest BCUT2D eigenvalue weighted by molar-refractivity contribution is 0.213. The van der Waals surface area contributed by atoms with Crippen molar-refractivity contribution in [2.45, 2.75) is 18.9 Å². The maximum atomic E-state index is 5.47. The maximum absolute atomic E-state index is 5.47. The number of likely N-dealkylation sites (tertiary alicyclic amines) is 1. The van der Waals surface area contributed by atoms with Crippen molar-refractivity contribution in [3.63, 3.8) is 0 Å². The van der Waals surface area contributed by atoms with Crippen LogP contribution in [0.25, 0.3) is 0 Å². The SMILES string of the molecule is CNC1CCCN(CC=CCl)C1. The number of halogens is 1. The first kappa shape index (κ1) is 10.0. The van der Waals surface area contributed by atoms with E-state index < -0.39 is 0 Å². The van der Waals surface area contributed by atoms with E-state index in [0.717, 1.165) is 13.1 Å². The summed E-state index contributed by atoms with van der Waals surface area (Å²) in [5.74, 6) is 0. The Kier molecular flexibility index (Phi) is 4.66. The van der Waals surface area contributed by atoms with Crippen LogP contribution in [0, 0.1) is 0 Å². The van der Waals surface area contributed by atoms with Crippen LogP contribution in [0.1, 0.15) is 12.8 Å². The van der Waals surface area contributed by atoms with E-state index in [9.17, 15) is 0 Å². The summed E-state index contributed by atoms with van der Waals surface area (Å²) in [6, 6.07) is 0.669. The minimum absolute atomic E-state index is 0.669. The predicted molar refractivity (Wildman–Crippen MR) is 53.5 cm³/mol. The molecular weight excluding hydrogens is 172 g/mol. The van der Waals surface area contributed by atoms with Gasteiger partial charge in [-0.2, -0.15) is 0 Å². The van der Waals surface area contributed by atoms with Gasteiger partial charge in [0.25, 0.3) is 0 Å². The van der Waals surface area contributed by atoms with Crippen LogP contribution >= 0.6 is 11.6 Å². The normalized spacial score (nSPS) is 26.7. The second-order valence-electron chi connectivity index (χ2n) is 3.25. The topological polar surface area (TPSA) is 15.3 Å². The summed E-state index contributed by atoms with van der Waals surface area (Å²) in [6.07, 6.45) is 4.60. The van der Waals surface area contributed by atoms with Crippen LogP contribution in [0.5, 0.6) is 0 Å². The smallest absolute Gasteiger partial charge is 0.0192 e. The molecule has 12 heavy (non-hydrogen) atoms. The first-order valence-corrected chi connectivity index (χ1v) is 4.95. The fourth-order valence-corrected chi connectivity index (χ4v) is 1.73. The van der Waals surface area contributed by atoms with Crippen LogP contribution in [0.15, 0.2) is 11.6 Å². The van der Waals surface area contributed by atoms with Crippen LogP contribution in [0.3, 0.4) is 0 Å². The molecule has 0 saturated carbocycles. The molecule has 0 radical (unpaired) electrons. The Morgan fingerprint density at radius 2 is 2.50 bits per heavy atom. The average Bonchev–Trinajstić information content (AvgIpc) is 2.15. The third-order valence-electron chi connectivity index (χ3n) is 2.37. The summed E-state index contributed by atoms with van der Waals surface area (Å²) < 4.78 is 0. The highest BCUT2D eigenvalue weighted by Gasteiger charge is 2.16. The quantitative estimate of drug-likeness (QED) is 0.721. The van der Waals surface area contributed by atoms with Crippen molar-refractivity contribution in [1.29, 1.82) is 0 Å². The molecule has 1 atom stereocenters. The molecule has 1 rings (SSSR count). The van der Waals surface area contributed by atoms with Gasteiger partial charge in [0.15, 0.2) is 0 Å². The van der Waals surface area contributed by atoms with Gasteiger partial charge in [-0.3, -0.25) is 4.90 Å². The van der Waals surface area contributed by atoms with Gasteiger partial charge in [-0.25, -0.2) is 0 Å². The van der Waals surface area contributed by atoms with Gasteiger partial charge in [0.2, 0.25) is 0 Å². The van der Waals surface area contributed by atoms with Gasteiger partial charge < -0.3 is 5.32 Å². The molecule has 1 N–H and O–H groups in total. The molecule has 0 amide bonds. The molecule has 1 heterocycles. The number of nitrogens with zero attached hydrogens (tertiary/aromatic N) is 1. The van der Waals surface area contributed by atoms with Crippen molar-refractivity contribution in [3.8, 4) is 0 Å². The molecule has 0 spiro atoms. The van der Waals surface area contributed by atoms with Gasteiger partial charge >= 0.3 is 0 Å². The summed E-state index contributed by atoms with van der Waals surface area (Å²) in [4.78, 5) is 2.42. The van der Waals surface area contributed by atoms with Crippen LogP contribution in [-0.2, 0) is 0 Å². The highest BCUT2D eigenvalue weighted by Crippen LogP contribution is 2.09. The first-order chi connectivity index (χ1) is 5.86. The van der Waals surface area contributed by atoms with Crippen molar-refractivity contribution >= 4 is 11.6 Å². The molecular formula is C9H17ClN2. The van der Waals surface area contributed by atoms with Crippen molar-refractivity contribution in [3.05, 3.63) is 11.6 Å². The summed E-state index contributed by atoms with van der Waals surface area (Å²) in [7, 11) is 2.03. The number of nitrogens with one attached hydrogen (secondary N) is 1. The average molecular weight is 189 g/mol. The van der Waals surface area contributed by atoms with E-state index in [1.807, 2.05) is 13.1 Å². The third kappa shape index (κ3) is 3.13. The van der Waals surface area contributed by atoms with E-state index in [1.54, 1.807) is 5.54 Å². The van der Waals surface area contributed by atoms with Gasteiger partial charge in [0.1, 0.15) is 0 Å². The minimum atomic E-state index is 0.669. The first-order valence-electron chi connectivity index (χ1n) is 4.51. The second kappa shape index (κ2) is 5.57. The van der Waals surface area contributed by atoms with Gasteiger partial charge in [0.05, 0.1) is 0 Å². The predicted octanol–water partition coefficient (Wildman–Crippen LogP) is 1.42. The molecule has 1 fully saturated rings. The molecule has 1 aliphatic heterocycles. The Morgan fingerprint density at radius 3 is 3.17 bits per heavy atom. The van der Waals surface area contributed by atoms with Crippen molar-refractivity contribution in [2.75, 3.05) is 26.7 Å². The van der Waals surface area contributed by atoms with Crippen LogP contribution in [-0.4, -0.2) is 37.6 Å². The van der Waals surface area contributed by atoms with Crippen molar-refractivity contribution < 1.29 is 0 Å². The lowest BCUT2D eigenvalue weighted by Crippen LogP contribution is -2.44. The zero-order chi connectivity index (χ0) is 8.81. The zero-order valence-corrected chi connectivity index (χ0v) is 8.35. The third-order valence-corrected chi connectivity index (χ3v) is 2.54. The van der Waals surface area contributed by atoms with Gasteiger partial charge in [-0.1, -0.05) is 17.7 Å². The minimum Gasteiger partial charge on any atom is -0.316 e. The molecule has 0 aromatic carbocycles. The summed E-state index contributed by atoms with van der Waals surface area (Å²) in [6.45, 7) is 3.35. The van der Waals surface area contributed by atoms with Crippen LogP contribution < -0.4 is 5.32 Å². The van der Waals surface area contributed by atoms with Gasteiger partial charge in [-0.05, 0) is 26.4 Å². The van der Waals surface area contributed by atoms with Crippen LogP contribution in [0.2, 0.25) is 0 Å². The van der Waals surface area contributed by atoms with E-state index in [0.29, 0.717) is 6.04 Å². The number of rotatable bonds is 3. The van der Waals surface area contributed by atoms with Gasteiger partial charge in [-0.15, -0.1) is 0 Å². The number of piperidine rings is 1. The van der Waals surface area contributed by atoms with Crippen molar-refractivity contribution in [1.82, 2.24) is 10.2 Å². The highest BCUT2D eigenvalue weighted by molar-refractivity contribution is 6.25. The van der Waals surface area contributed by atoms with E-state index in [4.69, 9.17) is 11.6 Å². The zero-order valence-electron chi connectivity index (χ0n) is 7.59. The molecule has 1 unspecified atom stereocenters. The fraction of sp³-hybridized carbons (Fsp3) is 0.778. The maximum Gasteiger partial charge on any atom is 0.0192 e. The monoisotopic (exact) mass is 188 g/mol. The summed E-state index contributed by atoms with van der Waals surface area (Å²) in [5.41, 5.74) is 1.60. The van der Waals surface area contributed by atoms with Crippen molar-refractivity contribution in [2.24, 2.45) is 0 Å². The fourth-order valence-electron chi connectivity index (χ4n) is 1.65. The molecule has 0 aromatic rings. The van der Waals surface area contributed by atoms with Crippen LogP contribution in [0.4, 0.5) is 0 Å². The van der Waals surface area contributed by atoms with E-state index in [1.165, 1.54) is 19.4 Å². The summed E-state index contributed by atoms with van der Waals surface area (Å²) in [5, 5.41) is 3.31. The summed E-state index contributed by atoms with van der Waals surface area (Å²) >= 11 is 5.47. The Labute approximate surface area is 79.6 Å². The second-order valence-corrected chi connectivity index (χ2v) is 3.50. The largest absolute Gasteiger partial charge is 0.316 e. The van der Waals surface area contributed by atoms with Gasteiger partial charge in [0, 0.05) is 24.7 Å². The molecule has 70 valence electrons. The molecule has 0 aromatic heterocycles. The Bertz CT molecular complexity index is 147. The Balaban J connectivity index is 2.25. The standard InChI is InChI=1S/C9H17ClN2/c1-11-9-4-2-6-12(8-9)7-3-5-10/h3,5,9,11H,2,4,6-8H2,1H3. The number of hydrogen-bond donors (Lipinski definition) is 1. The lowest BCUT2D eigenvalue weighted by atomic mass is 10.1. The Hall–Kier alpha value is -0.0500. The number of hydrogen-bond acceptors (Lipinski definition) is 2. The molecule has 1 saturated heterocycles. The molecule has 0 aliphatic carbocycles. The molecule has 3 heteroatoms. The molecule has 1 aliphatic rings. The number of likely N-dealkylation sites (N-methyl/N-ethyl adjacent to an activating group) is 1. The molecule has 0 bridgehead atoms. The molecule has 2 nitrogen and oxygen atoms in total. The van der Waals surface area contributed by atoms with E-state index in [-0.39, 0.29) is 0 Å².